The zero-order valence-corrected chi connectivity index (χ0v) is 14.5. The van der Waals surface area contributed by atoms with Gasteiger partial charge in [-0.25, -0.2) is 0 Å². The zero-order valence-electron chi connectivity index (χ0n) is 13.7. The number of aliphatic imine (C=N–C) groups is 1. The Balaban J connectivity index is 1.67. The summed E-state index contributed by atoms with van der Waals surface area (Å²) < 4.78 is 0. The number of anilines is 1. The number of carbonyl (C=O) groups is 2. The van der Waals surface area contributed by atoms with Crippen LogP contribution in [0, 0.1) is 0 Å². The maximum absolute atomic E-state index is 12.1. The van der Waals surface area contributed by atoms with Crippen LogP contribution in [-0.2, 0) is 9.59 Å². The monoisotopic (exact) mass is 343 g/mol. The van der Waals surface area contributed by atoms with Crippen molar-refractivity contribution in [3.05, 3.63) is 34.7 Å². The van der Waals surface area contributed by atoms with Crippen molar-refractivity contribution in [2.24, 2.45) is 4.99 Å². The number of amides is 2. The van der Waals surface area contributed by atoms with Crippen LogP contribution < -0.4 is 10.6 Å². The zero-order chi connectivity index (χ0) is 16.9. The molecule has 2 fully saturated rings. The van der Waals surface area contributed by atoms with Crippen LogP contribution in [0.3, 0.4) is 0 Å². The third-order valence-electron chi connectivity index (χ3n) is 4.05. The molecule has 126 valence electrons. The molecule has 2 amide bonds. The van der Waals surface area contributed by atoms with Crippen molar-refractivity contribution >= 4 is 40.5 Å². The molecule has 5 nitrogen and oxygen atoms in total. The highest BCUT2D eigenvalue weighted by molar-refractivity contribution is 8.18. The number of hydrogen-bond donors (Lipinski definition) is 2. The van der Waals surface area contributed by atoms with Gasteiger partial charge in [-0.1, -0.05) is 31.4 Å². The van der Waals surface area contributed by atoms with E-state index in [4.69, 9.17) is 0 Å². The first-order valence-corrected chi connectivity index (χ1v) is 9.08. The molecule has 6 heteroatoms. The Kier molecular flexibility index (Phi) is 5.35. The van der Waals surface area contributed by atoms with E-state index in [0.29, 0.717) is 16.1 Å². The van der Waals surface area contributed by atoms with Gasteiger partial charge < -0.3 is 10.6 Å². The molecule has 1 aliphatic carbocycles. The molecule has 0 aromatic heterocycles. The van der Waals surface area contributed by atoms with Gasteiger partial charge in [0.05, 0.1) is 10.9 Å². The fourth-order valence-electron chi connectivity index (χ4n) is 2.88. The molecule has 2 aliphatic rings. The number of amidine groups is 1. The van der Waals surface area contributed by atoms with E-state index in [9.17, 15) is 9.59 Å². The van der Waals surface area contributed by atoms with Crippen molar-refractivity contribution in [1.82, 2.24) is 5.32 Å². The second-order valence-electron chi connectivity index (χ2n) is 6.09. The number of thioether (sulfide) groups is 1. The van der Waals surface area contributed by atoms with E-state index in [1.165, 1.54) is 37.9 Å². The fourth-order valence-corrected chi connectivity index (χ4v) is 3.77. The van der Waals surface area contributed by atoms with E-state index in [1.54, 1.807) is 0 Å². The average Bonchev–Trinajstić information content (AvgIpc) is 2.89. The predicted molar refractivity (Wildman–Crippen MR) is 98.8 cm³/mol. The van der Waals surface area contributed by atoms with Gasteiger partial charge in [0.1, 0.15) is 0 Å². The van der Waals surface area contributed by atoms with Gasteiger partial charge in [-0.15, -0.1) is 0 Å². The lowest BCUT2D eigenvalue weighted by Crippen LogP contribution is -2.22. The Hall–Kier alpha value is -2.08. The molecule has 1 heterocycles. The highest BCUT2D eigenvalue weighted by atomic mass is 32.2. The van der Waals surface area contributed by atoms with Crippen LogP contribution in [0.5, 0.6) is 0 Å². The van der Waals surface area contributed by atoms with Crippen molar-refractivity contribution < 1.29 is 9.59 Å². The lowest BCUT2D eigenvalue weighted by molar-refractivity contribution is -0.115. The predicted octanol–water partition coefficient (Wildman–Crippen LogP) is 3.54. The van der Waals surface area contributed by atoms with Gasteiger partial charge in [0.2, 0.25) is 5.91 Å². The van der Waals surface area contributed by atoms with Gasteiger partial charge in [0.25, 0.3) is 5.91 Å². The van der Waals surface area contributed by atoms with Gasteiger partial charge in [-0.05, 0) is 48.4 Å². The van der Waals surface area contributed by atoms with E-state index in [-0.39, 0.29) is 11.8 Å². The van der Waals surface area contributed by atoms with Crippen molar-refractivity contribution in [3.63, 3.8) is 0 Å². The summed E-state index contributed by atoms with van der Waals surface area (Å²) in [6.07, 6.45) is 7.82. The smallest absolute Gasteiger partial charge is 0.264 e. The van der Waals surface area contributed by atoms with Crippen LogP contribution in [0.2, 0.25) is 0 Å². The summed E-state index contributed by atoms with van der Waals surface area (Å²) >= 11 is 1.40. The first-order valence-electron chi connectivity index (χ1n) is 8.26. The highest BCUT2D eigenvalue weighted by Gasteiger charge is 2.25. The maximum atomic E-state index is 12.1. The largest absolute Gasteiger partial charge is 0.326 e. The molecule has 1 aromatic carbocycles. The molecular formula is C18H21N3O2S. The van der Waals surface area contributed by atoms with Crippen LogP contribution in [-0.4, -0.2) is 23.0 Å². The van der Waals surface area contributed by atoms with Crippen molar-refractivity contribution in [3.8, 4) is 0 Å². The SMILES string of the molecule is CC(=O)Nc1ccc(C=C2SC(=NC3CCCCC3)NC2=O)cc1. The van der Waals surface area contributed by atoms with Crippen molar-refractivity contribution in [1.29, 1.82) is 0 Å². The van der Waals surface area contributed by atoms with Gasteiger partial charge in [0, 0.05) is 12.6 Å². The molecule has 1 saturated carbocycles. The number of hydrogen-bond acceptors (Lipinski definition) is 4. The summed E-state index contributed by atoms with van der Waals surface area (Å²) in [5.74, 6) is -0.198. The second kappa shape index (κ2) is 7.66. The second-order valence-corrected chi connectivity index (χ2v) is 7.12. The minimum Gasteiger partial charge on any atom is -0.326 e. The quantitative estimate of drug-likeness (QED) is 0.825. The Labute approximate surface area is 146 Å². The maximum Gasteiger partial charge on any atom is 0.264 e. The number of carbonyl (C=O) groups excluding carboxylic acids is 2. The molecule has 1 aromatic rings. The standard InChI is InChI=1S/C18H21N3O2S/c1-12(22)19-15-9-7-13(8-10-15)11-16-17(23)21-18(24-16)20-14-5-3-2-4-6-14/h7-11,14H,2-6H2,1H3,(H,19,22)(H,20,21,23). The number of rotatable bonds is 3. The minimum absolute atomic E-state index is 0.0968. The number of nitrogens with zero attached hydrogens (tertiary/aromatic N) is 1. The summed E-state index contributed by atoms with van der Waals surface area (Å²) in [5.41, 5.74) is 1.66. The number of nitrogens with one attached hydrogen (secondary N) is 2. The van der Waals surface area contributed by atoms with E-state index in [2.05, 4.69) is 15.6 Å². The summed E-state index contributed by atoms with van der Waals surface area (Å²) in [5, 5.41) is 6.30. The summed E-state index contributed by atoms with van der Waals surface area (Å²) in [6.45, 7) is 1.47. The Morgan fingerprint density at radius 1 is 1.25 bits per heavy atom. The Morgan fingerprint density at radius 2 is 1.96 bits per heavy atom. The van der Waals surface area contributed by atoms with E-state index in [1.807, 2.05) is 30.3 Å². The van der Waals surface area contributed by atoms with Crippen LogP contribution >= 0.6 is 11.8 Å². The third kappa shape index (κ3) is 4.47. The van der Waals surface area contributed by atoms with E-state index in [0.717, 1.165) is 24.1 Å². The van der Waals surface area contributed by atoms with Crippen LogP contribution in [0.15, 0.2) is 34.2 Å². The van der Waals surface area contributed by atoms with E-state index >= 15 is 0 Å². The van der Waals surface area contributed by atoms with Crippen molar-refractivity contribution in [2.45, 2.75) is 45.1 Å². The molecule has 0 atom stereocenters. The number of benzene rings is 1. The molecule has 1 saturated heterocycles. The van der Waals surface area contributed by atoms with Gasteiger partial charge >= 0.3 is 0 Å². The molecule has 0 bridgehead atoms. The third-order valence-corrected chi connectivity index (χ3v) is 4.98. The molecule has 3 rings (SSSR count). The normalized spacial score (nSPS) is 22.0. The summed E-state index contributed by atoms with van der Waals surface area (Å²) in [4.78, 5) is 28.5. The van der Waals surface area contributed by atoms with Gasteiger partial charge in [-0.3, -0.25) is 14.6 Å². The summed E-state index contributed by atoms with van der Waals surface area (Å²) in [7, 11) is 0. The van der Waals surface area contributed by atoms with Crippen LogP contribution in [0.25, 0.3) is 6.08 Å². The molecule has 0 unspecified atom stereocenters. The molecule has 24 heavy (non-hydrogen) atoms. The van der Waals surface area contributed by atoms with Gasteiger partial charge in [-0.2, -0.15) is 0 Å². The Morgan fingerprint density at radius 3 is 2.62 bits per heavy atom. The minimum atomic E-state index is -0.101. The molecule has 1 aliphatic heterocycles. The van der Waals surface area contributed by atoms with Crippen molar-refractivity contribution in [2.75, 3.05) is 5.32 Å². The van der Waals surface area contributed by atoms with Gasteiger partial charge in [0.15, 0.2) is 5.17 Å². The lowest BCUT2D eigenvalue weighted by atomic mass is 9.96. The summed E-state index contributed by atoms with van der Waals surface area (Å²) in [6, 6.07) is 7.74. The van der Waals surface area contributed by atoms with Crippen LogP contribution in [0.4, 0.5) is 5.69 Å². The Bertz CT molecular complexity index is 689. The average molecular weight is 343 g/mol. The molecular weight excluding hydrogens is 322 g/mol. The molecule has 2 N–H and O–H groups in total. The first kappa shape index (κ1) is 16.8. The fraction of sp³-hybridized carbons (Fsp3) is 0.389. The van der Waals surface area contributed by atoms with Crippen LogP contribution in [0.1, 0.15) is 44.6 Å². The van der Waals surface area contributed by atoms with E-state index < -0.39 is 0 Å². The highest BCUT2D eigenvalue weighted by Crippen LogP contribution is 2.28. The first-order chi connectivity index (χ1) is 11.6. The topological polar surface area (TPSA) is 70.6 Å². The molecule has 0 radical (unpaired) electrons. The lowest BCUT2D eigenvalue weighted by Gasteiger charge is -2.17. The molecule has 0 spiro atoms.